The van der Waals surface area contributed by atoms with Crippen molar-refractivity contribution < 1.29 is 18.7 Å². The largest absolute Gasteiger partial charge is 0.484 e. The van der Waals surface area contributed by atoms with E-state index < -0.39 is 0 Å². The molecule has 1 unspecified atom stereocenters. The summed E-state index contributed by atoms with van der Waals surface area (Å²) >= 11 is 0. The second-order valence-electron chi connectivity index (χ2n) is 7.54. The van der Waals surface area contributed by atoms with Crippen molar-refractivity contribution in [2.75, 3.05) is 18.5 Å². The third kappa shape index (κ3) is 4.91. The van der Waals surface area contributed by atoms with Gasteiger partial charge < -0.3 is 15.0 Å². The van der Waals surface area contributed by atoms with Crippen LogP contribution in [-0.4, -0.2) is 39.8 Å². The van der Waals surface area contributed by atoms with Gasteiger partial charge in [-0.15, -0.1) is 0 Å². The Labute approximate surface area is 185 Å². The number of hydrogen-bond donors (Lipinski definition) is 1. The topological polar surface area (TPSA) is 84.4 Å². The molecule has 0 spiro atoms. The fraction of sp³-hybridized carbons (Fsp3) is 0.250. The first-order valence-electron chi connectivity index (χ1n) is 10.4. The van der Waals surface area contributed by atoms with E-state index in [0.717, 1.165) is 12.8 Å². The molecule has 3 aromatic rings. The molecular weight excluding hydrogens is 411 g/mol. The molecule has 1 fully saturated rings. The molecule has 0 bridgehead atoms. The van der Waals surface area contributed by atoms with Gasteiger partial charge in [0, 0.05) is 18.4 Å². The Bertz CT molecular complexity index is 1110. The minimum Gasteiger partial charge on any atom is -0.484 e. The highest BCUT2D eigenvalue weighted by Gasteiger charge is 2.32. The number of anilines is 1. The molecule has 8 heteroatoms. The summed E-state index contributed by atoms with van der Waals surface area (Å²) in [6.07, 6.45) is 3.06. The van der Waals surface area contributed by atoms with Crippen LogP contribution in [0.2, 0.25) is 0 Å². The number of carbonyl (C=O) groups excluding carboxylic acids is 2. The number of aryl methyl sites for hydroxylation is 1. The van der Waals surface area contributed by atoms with Gasteiger partial charge in [0.1, 0.15) is 11.6 Å². The van der Waals surface area contributed by atoms with Crippen LogP contribution in [0.3, 0.4) is 0 Å². The number of hydrogen-bond acceptors (Lipinski definition) is 5. The molecule has 164 valence electrons. The van der Waals surface area contributed by atoms with Crippen molar-refractivity contribution in [2.45, 2.75) is 25.8 Å². The number of likely N-dealkylation sites (tertiary alicyclic amines) is 1. The summed E-state index contributed by atoms with van der Waals surface area (Å²) in [6.45, 7) is 2.28. The molecule has 1 saturated heterocycles. The molecule has 1 atom stereocenters. The minimum absolute atomic E-state index is 0.0579. The van der Waals surface area contributed by atoms with E-state index in [1.165, 1.54) is 30.5 Å². The number of para-hydroxylation sites is 1. The number of nitrogens with zero attached hydrogens (tertiary/aromatic N) is 3. The Morgan fingerprint density at radius 3 is 2.62 bits per heavy atom. The molecule has 2 amide bonds. The van der Waals surface area contributed by atoms with E-state index in [-0.39, 0.29) is 30.3 Å². The molecule has 0 aliphatic carbocycles. The first-order chi connectivity index (χ1) is 15.5. The molecule has 1 aliphatic heterocycles. The van der Waals surface area contributed by atoms with Crippen LogP contribution in [0, 0.1) is 12.7 Å². The molecule has 2 heterocycles. The third-order valence-corrected chi connectivity index (χ3v) is 5.32. The van der Waals surface area contributed by atoms with Crippen molar-refractivity contribution in [1.82, 2.24) is 14.9 Å². The summed E-state index contributed by atoms with van der Waals surface area (Å²) in [4.78, 5) is 36.0. The van der Waals surface area contributed by atoms with E-state index in [2.05, 4.69) is 15.3 Å². The zero-order valence-corrected chi connectivity index (χ0v) is 17.6. The van der Waals surface area contributed by atoms with Gasteiger partial charge in [-0.2, -0.15) is 0 Å². The van der Waals surface area contributed by atoms with Crippen molar-refractivity contribution in [3.8, 4) is 5.75 Å². The minimum atomic E-state index is -0.378. The van der Waals surface area contributed by atoms with Crippen LogP contribution in [-0.2, 0) is 4.79 Å². The third-order valence-electron chi connectivity index (χ3n) is 5.32. The number of carbonyl (C=O) groups is 2. The smallest absolute Gasteiger partial charge is 0.261 e. The Morgan fingerprint density at radius 2 is 1.91 bits per heavy atom. The Balaban J connectivity index is 1.43. The number of ether oxygens (including phenoxy) is 1. The van der Waals surface area contributed by atoms with Gasteiger partial charge in [-0.05, 0) is 56.2 Å². The lowest BCUT2D eigenvalue weighted by Gasteiger charge is -2.24. The predicted octanol–water partition coefficient (Wildman–Crippen LogP) is 3.92. The summed E-state index contributed by atoms with van der Waals surface area (Å²) in [5.74, 6) is 0.260. The van der Waals surface area contributed by atoms with E-state index in [4.69, 9.17) is 4.74 Å². The van der Waals surface area contributed by atoms with Gasteiger partial charge in [0.2, 0.25) is 0 Å². The monoisotopic (exact) mass is 434 g/mol. The molecule has 0 radical (unpaired) electrons. The number of amides is 2. The normalized spacial score (nSPS) is 15.4. The first-order valence-corrected chi connectivity index (χ1v) is 10.4. The number of nitrogens with one attached hydrogen (secondary N) is 1. The number of rotatable bonds is 6. The predicted molar refractivity (Wildman–Crippen MR) is 117 cm³/mol. The molecule has 1 N–H and O–H groups in total. The van der Waals surface area contributed by atoms with E-state index in [9.17, 15) is 14.0 Å². The first kappa shape index (κ1) is 21.4. The van der Waals surface area contributed by atoms with Gasteiger partial charge in [-0.25, -0.2) is 14.4 Å². The maximum Gasteiger partial charge on any atom is 0.261 e. The Hall–Kier alpha value is -3.81. The number of aromatic nitrogens is 2. The van der Waals surface area contributed by atoms with Crippen molar-refractivity contribution in [2.24, 2.45) is 0 Å². The average molecular weight is 434 g/mol. The fourth-order valence-corrected chi connectivity index (χ4v) is 3.68. The molecule has 32 heavy (non-hydrogen) atoms. The summed E-state index contributed by atoms with van der Waals surface area (Å²) in [6, 6.07) is 14.4. The van der Waals surface area contributed by atoms with Crippen LogP contribution in [0.1, 0.15) is 40.8 Å². The Kier molecular flexibility index (Phi) is 6.39. The Morgan fingerprint density at radius 1 is 1.16 bits per heavy atom. The lowest BCUT2D eigenvalue weighted by Crippen LogP contribution is -2.35. The van der Waals surface area contributed by atoms with E-state index in [1.54, 1.807) is 24.0 Å². The van der Waals surface area contributed by atoms with Gasteiger partial charge in [0.05, 0.1) is 17.3 Å². The van der Waals surface area contributed by atoms with Crippen LogP contribution in [0.25, 0.3) is 0 Å². The van der Waals surface area contributed by atoms with Crippen molar-refractivity contribution in [3.05, 3.63) is 83.7 Å². The maximum absolute atomic E-state index is 13.1. The molecule has 1 aliphatic rings. The highest BCUT2D eigenvalue weighted by atomic mass is 19.1. The zero-order chi connectivity index (χ0) is 22.5. The lowest BCUT2D eigenvalue weighted by atomic mass is 10.1. The molecule has 4 rings (SSSR count). The highest BCUT2D eigenvalue weighted by Crippen LogP contribution is 2.30. The van der Waals surface area contributed by atoms with Crippen LogP contribution in [0.5, 0.6) is 5.75 Å². The van der Waals surface area contributed by atoms with Crippen LogP contribution >= 0.6 is 0 Å². The number of benzene rings is 2. The fourth-order valence-electron chi connectivity index (χ4n) is 3.68. The standard InChI is InChI=1S/C24H23FN4O3/c1-16-20(24(31)28-18-11-9-17(25)10-12-18)14-26-23(27-16)21-8-5-13-29(21)22(30)15-32-19-6-3-2-4-7-19/h2-4,6-7,9-12,14,21H,5,8,13,15H2,1H3,(H,28,31). The molecule has 2 aromatic carbocycles. The molecular formula is C24H23FN4O3. The SMILES string of the molecule is Cc1nc(C2CCCN2C(=O)COc2ccccc2)ncc1C(=O)Nc1ccc(F)cc1. The van der Waals surface area contributed by atoms with E-state index >= 15 is 0 Å². The van der Waals surface area contributed by atoms with Crippen LogP contribution < -0.4 is 10.1 Å². The second-order valence-corrected chi connectivity index (χ2v) is 7.54. The van der Waals surface area contributed by atoms with Gasteiger partial charge >= 0.3 is 0 Å². The molecule has 1 aromatic heterocycles. The zero-order valence-electron chi connectivity index (χ0n) is 17.6. The van der Waals surface area contributed by atoms with Crippen molar-refractivity contribution in [1.29, 1.82) is 0 Å². The molecule has 7 nitrogen and oxygen atoms in total. The summed E-state index contributed by atoms with van der Waals surface area (Å²) < 4.78 is 18.7. The van der Waals surface area contributed by atoms with Gasteiger partial charge in [0.15, 0.2) is 12.4 Å². The second kappa shape index (κ2) is 9.55. The van der Waals surface area contributed by atoms with Gasteiger partial charge in [0.25, 0.3) is 11.8 Å². The molecule has 0 saturated carbocycles. The number of halogens is 1. The van der Waals surface area contributed by atoms with Crippen molar-refractivity contribution in [3.63, 3.8) is 0 Å². The van der Waals surface area contributed by atoms with Gasteiger partial charge in [-0.3, -0.25) is 9.59 Å². The van der Waals surface area contributed by atoms with E-state index in [1.807, 2.05) is 18.2 Å². The summed E-state index contributed by atoms with van der Waals surface area (Å²) in [5, 5.41) is 2.71. The average Bonchev–Trinajstić information content (AvgIpc) is 3.30. The van der Waals surface area contributed by atoms with Crippen LogP contribution in [0.15, 0.2) is 60.8 Å². The highest BCUT2D eigenvalue weighted by molar-refractivity contribution is 6.04. The summed E-state index contributed by atoms with van der Waals surface area (Å²) in [5.41, 5.74) is 1.31. The van der Waals surface area contributed by atoms with Gasteiger partial charge in [-0.1, -0.05) is 18.2 Å². The van der Waals surface area contributed by atoms with Crippen molar-refractivity contribution >= 4 is 17.5 Å². The van der Waals surface area contributed by atoms with Crippen LogP contribution in [0.4, 0.5) is 10.1 Å². The maximum atomic E-state index is 13.1. The summed E-state index contributed by atoms with van der Waals surface area (Å²) in [7, 11) is 0. The van der Waals surface area contributed by atoms with E-state index in [0.29, 0.717) is 35.1 Å². The lowest BCUT2D eigenvalue weighted by molar-refractivity contribution is -0.134. The quantitative estimate of drug-likeness (QED) is 0.636.